The number of nitrogens with zero attached hydrogens (tertiary/aromatic N) is 5. The van der Waals surface area contributed by atoms with Gasteiger partial charge in [-0.05, 0) is 31.4 Å². The third-order valence-electron chi connectivity index (χ3n) is 5.01. The van der Waals surface area contributed by atoms with Gasteiger partial charge >= 0.3 is 0 Å². The van der Waals surface area contributed by atoms with E-state index in [-0.39, 0.29) is 0 Å². The van der Waals surface area contributed by atoms with Crippen LogP contribution in [-0.2, 0) is 6.67 Å². The van der Waals surface area contributed by atoms with Crippen LogP contribution in [0.4, 0.5) is 5.82 Å². The van der Waals surface area contributed by atoms with Gasteiger partial charge in [-0.3, -0.25) is 4.90 Å². The molecule has 4 rings (SSSR count). The van der Waals surface area contributed by atoms with Crippen LogP contribution in [0.25, 0.3) is 10.9 Å². The fourth-order valence-electron chi connectivity index (χ4n) is 3.42. The van der Waals surface area contributed by atoms with Gasteiger partial charge in [0.15, 0.2) is 0 Å². The van der Waals surface area contributed by atoms with Crippen molar-refractivity contribution in [1.29, 1.82) is 0 Å². The van der Waals surface area contributed by atoms with E-state index < -0.39 is 0 Å². The number of hydrogen-bond acceptors (Lipinski definition) is 4. The molecular formula is C19H23N5. The quantitative estimate of drug-likeness (QED) is 0.743. The zero-order valence-electron chi connectivity index (χ0n) is 14.3. The molecule has 124 valence electrons. The number of aromatic nitrogens is 3. The molecule has 2 aromatic heterocycles. The number of hydrogen-bond donors (Lipinski definition) is 0. The van der Waals surface area contributed by atoms with Crippen LogP contribution in [0.15, 0.2) is 42.9 Å². The Kier molecular flexibility index (Phi) is 3.94. The lowest BCUT2D eigenvalue weighted by Crippen LogP contribution is -2.47. The zero-order valence-corrected chi connectivity index (χ0v) is 14.3. The minimum atomic E-state index is 0.948. The highest BCUT2D eigenvalue weighted by atomic mass is 15.3. The molecule has 3 aromatic rings. The average molecular weight is 321 g/mol. The van der Waals surface area contributed by atoms with Crippen LogP contribution in [0.5, 0.6) is 0 Å². The molecule has 0 aliphatic carbocycles. The summed E-state index contributed by atoms with van der Waals surface area (Å²) in [7, 11) is 0. The molecule has 0 saturated carbocycles. The second-order valence-corrected chi connectivity index (χ2v) is 6.50. The lowest BCUT2D eigenvalue weighted by Gasteiger charge is -2.36. The smallest absolute Gasteiger partial charge is 0.135 e. The Balaban J connectivity index is 1.44. The van der Waals surface area contributed by atoms with E-state index in [0.717, 1.165) is 44.4 Å². The van der Waals surface area contributed by atoms with Crippen molar-refractivity contribution in [3.8, 4) is 0 Å². The van der Waals surface area contributed by atoms with Crippen molar-refractivity contribution in [3.05, 3.63) is 54.1 Å². The first-order valence-corrected chi connectivity index (χ1v) is 8.52. The fourth-order valence-corrected chi connectivity index (χ4v) is 3.42. The summed E-state index contributed by atoms with van der Waals surface area (Å²) in [5.41, 5.74) is 3.57. The average Bonchev–Trinajstić information content (AvgIpc) is 3.01. The van der Waals surface area contributed by atoms with Crippen molar-refractivity contribution in [2.75, 3.05) is 31.1 Å². The molecule has 24 heavy (non-hydrogen) atoms. The Morgan fingerprint density at radius 3 is 2.58 bits per heavy atom. The summed E-state index contributed by atoms with van der Waals surface area (Å²) in [6.07, 6.45) is 3.87. The van der Waals surface area contributed by atoms with E-state index in [0.29, 0.717) is 0 Å². The summed E-state index contributed by atoms with van der Waals surface area (Å²) < 4.78 is 2.34. The number of fused-ring (bicyclic) bond motifs is 1. The summed E-state index contributed by atoms with van der Waals surface area (Å²) in [4.78, 5) is 13.7. The number of anilines is 1. The lowest BCUT2D eigenvalue weighted by atomic mass is 10.2. The van der Waals surface area contributed by atoms with Gasteiger partial charge in [0.25, 0.3) is 0 Å². The predicted octanol–water partition coefficient (Wildman–Crippen LogP) is 2.83. The second-order valence-electron chi connectivity index (χ2n) is 6.50. The van der Waals surface area contributed by atoms with Gasteiger partial charge in [0.05, 0.1) is 6.67 Å². The van der Waals surface area contributed by atoms with Crippen molar-refractivity contribution in [3.63, 3.8) is 0 Å². The second kappa shape index (κ2) is 6.24. The monoisotopic (exact) mass is 321 g/mol. The molecule has 1 saturated heterocycles. The fraction of sp³-hybridized carbons (Fsp3) is 0.368. The molecular weight excluding hydrogens is 298 g/mol. The standard InChI is InChI=1S/C19H23N5/c1-15-16(2)20-13-21-19(15)23-11-9-22(10-12-23)14-24-8-7-17-5-3-4-6-18(17)24/h3-8,13H,9-12,14H2,1-2H3. The van der Waals surface area contributed by atoms with Gasteiger partial charge in [-0.1, -0.05) is 18.2 Å². The minimum Gasteiger partial charge on any atom is -0.354 e. The maximum atomic E-state index is 4.50. The topological polar surface area (TPSA) is 37.2 Å². The van der Waals surface area contributed by atoms with Crippen LogP contribution < -0.4 is 4.90 Å². The Hall–Kier alpha value is -2.40. The third kappa shape index (κ3) is 2.76. The van der Waals surface area contributed by atoms with Gasteiger partial charge in [-0.2, -0.15) is 0 Å². The van der Waals surface area contributed by atoms with Gasteiger partial charge < -0.3 is 9.47 Å². The highest BCUT2D eigenvalue weighted by Gasteiger charge is 2.20. The Bertz CT molecular complexity index is 846. The van der Waals surface area contributed by atoms with E-state index in [4.69, 9.17) is 0 Å². The van der Waals surface area contributed by atoms with E-state index in [1.165, 1.54) is 16.5 Å². The molecule has 5 nitrogen and oxygen atoms in total. The number of piperazine rings is 1. The molecule has 0 bridgehead atoms. The largest absolute Gasteiger partial charge is 0.354 e. The SMILES string of the molecule is Cc1ncnc(N2CCN(Cn3ccc4ccccc43)CC2)c1C. The summed E-state index contributed by atoms with van der Waals surface area (Å²) in [5, 5.41) is 1.31. The van der Waals surface area contributed by atoms with Crippen molar-refractivity contribution in [2.45, 2.75) is 20.5 Å². The van der Waals surface area contributed by atoms with Crippen LogP contribution >= 0.6 is 0 Å². The third-order valence-corrected chi connectivity index (χ3v) is 5.01. The number of rotatable bonds is 3. The summed E-state index contributed by atoms with van der Waals surface area (Å²) in [5.74, 6) is 1.09. The molecule has 0 spiro atoms. The van der Waals surface area contributed by atoms with Crippen molar-refractivity contribution < 1.29 is 0 Å². The lowest BCUT2D eigenvalue weighted by molar-refractivity contribution is 0.209. The van der Waals surface area contributed by atoms with E-state index in [1.54, 1.807) is 6.33 Å². The maximum absolute atomic E-state index is 4.50. The van der Waals surface area contributed by atoms with Gasteiger partial charge in [-0.25, -0.2) is 9.97 Å². The van der Waals surface area contributed by atoms with Gasteiger partial charge in [0.1, 0.15) is 12.1 Å². The van der Waals surface area contributed by atoms with Crippen molar-refractivity contribution in [1.82, 2.24) is 19.4 Å². The van der Waals surface area contributed by atoms with Crippen molar-refractivity contribution >= 4 is 16.7 Å². The highest BCUT2D eigenvalue weighted by molar-refractivity contribution is 5.79. The van der Waals surface area contributed by atoms with Crippen molar-refractivity contribution in [2.24, 2.45) is 0 Å². The summed E-state index contributed by atoms with van der Waals surface area (Å²) in [6, 6.07) is 10.8. The van der Waals surface area contributed by atoms with E-state index >= 15 is 0 Å². The molecule has 1 aliphatic heterocycles. The predicted molar refractivity (Wildman–Crippen MR) is 97.2 cm³/mol. The van der Waals surface area contributed by atoms with Crippen LogP contribution in [-0.4, -0.2) is 45.6 Å². The molecule has 1 aliphatic rings. The zero-order chi connectivity index (χ0) is 16.5. The summed E-state index contributed by atoms with van der Waals surface area (Å²) in [6.45, 7) is 9.23. The normalized spacial score (nSPS) is 16.0. The molecule has 1 fully saturated rings. The van der Waals surface area contributed by atoms with Gasteiger partial charge in [0.2, 0.25) is 0 Å². The maximum Gasteiger partial charge on any atom is 0.135 e. The van der Waals surface area contributed by atoms with E-state index in [9.17, 15) is 0 Å². The Labute approximate surface area is 142 Å². The van der Waals surface area contributed by atoms with Crippen LogP contribution in [0.1, 0.15) is 11.3 Å². The minimum absolute atomic E-state index is 0.948. The molecule has 0 radical (unpaired) electrons. The Morgan fingerprint density at radius 1 is 0.958 bits per heavy atom. The number of aryl methyl sites for hydroxylation is 1. The Morgan fingerprint density at radius 2 is 1.75 bits per heavy atom. The number of benzene rings is 1. The first kappa shape index (κ1) is 15.1. The highest BCUT2D eigenvalue weighted by Crippen LogP contribution is 2.21. The van der Waals surface area contributed by atoms with Crippen LogP contribution in [0.3, 0.4) is 0 Å². The summed E-state index contributed by atoms with van der Waals surface area (Å²) >= 11 is 0. The van der Waals surface area contributed by atoms with E-state index in [2.05, 4.69) is 67.8 Å². The first-order chi connectivity index (χ1) is 11.7. The molecule has 0 atom stereocenters. The van der Waals surface area contributed by atoms with E-state index in [1.807, 2.05) is 6.92 Å². The van der Waals surface area contributed by atoms with Crippen LogP contribution in [0.2, 0.25) is 0 Å². The van der Waals surface area contributed by atoms with Gasteiger partial charge in [0, 0.05) is 49.1 Å². The molecule has 3 heterocycles. The van der Waals surface area contributed by atoms with Crippen LogP contribution in [0, 0.1) is 13.8 Å². The molecule has 1 aromatic carbocycles. The molecule has 0 unspecified atom stereocenters. The molecule has 5 heteroatoms. The molecule has 0 N–H and O–H groups in total. The number of para-hydroxylation sites is 1. The first-order valence-electron chi connectivity index (χ1n) is 8.52. The van der Waals surface area contributed by atoms with Gasteiger partial charge in [-0.15, -0.1) is 0 Å². The molecule has 0 amide bonds.